The van der Waals surface area contributed by atoms with E-state index in [-0.39, 0.29) is 41.4 Å². The van der Waals surface area contributed by atoms with E-state index in [4.69, 9.17) is 4.74 Å². The zero-order valence-electron chi connectivity index (χ0n) is 20.1. The maximum Gasteiger partial charge on any atom is 0.355 e. The Hall–Kier alpha value is -4.10. The molecule has 1 fully saturated rings. The molecule has 3 aromatic rings. The minimum atomic E-state index is -0.893. The molecule has 2 amide bonds. The number of ether oxygens (including phenoxy) is 1. The number of esters is 1. The van der Waals surface area contributed by atoms with Crippen molar-refractivity contribution < 1.29 is 29.2 Å². The number of non-ortho nitro benzene ring substituents is 1. The first kappa shape index (κ1) is 24.6. The molecule has 5 rings (SSSR count). The third-order valence-corrected chi connectivity index (χ3v) is 7.94. The van der Waals surface area contributed by atoms with E-state index in [0.29, 0.717) is 20.8 Å². The molecule has 0 saturated carbocycles. The van der Waals surface area contributed by atoms with Crippen LogP contribution in [0.1, 0.15) is 34.8 Å². The van der Waals surface area contributed by atoms with Crippen molar-refractivity contribution in [1.82, 2.24) is 19.6 Å². The van der Waals surface area contributed by atoms with Gasteiger partial charge in [0.1, 0.15) is 23.5 Å². The van der Waals surface area contributed by atoms with Gasteiger partial charge in [0.25, 0.3) is 11.6 Å². The Labute approximate surface area is 214 Å². The number of β-lactam (4-membered cyclic amide) rings is 1. The number of nitro groups is 1. The Kier molecular flexibility index (Phi) is 6.04. The first-order chi connectivity index (χ1) is 17.6. The van der Waals surface area contributed by atoms with Crippen LogP contribution in [0.4, 0.5) is 5.69 Å². The summed E-state index contributed by atoms with van der Waals surface area (Å²) in [5.74, 6) is -2.37. The lowest BCUT2D eigenvalue weighted by Gasteiger charge is -2.46. The number of hydrogen-bond donors (Lipinski definition) is 2. The SMILES string of the molecule is CNC(=O)c1ncn2cc(C3=C(C(=O)OCc4ccc([N+](=O)[O-])cc4)N4C(=O)[C@H]([C@@H](C)O)[C@H]4[C@H]3C)sc12. The smallest absolute Gasteiger partial charge is 0.355 e. The van der Waals surface area contributed by atoms with E-state index in [9.17, 15) is 29.6 Å². The summed E-state index contributed by atoms with van der Waals surface area (Å²) in [4.78, 5) is 55.8. The summed E-state index contributed by atoms with van der Waals surface area (Å²) in [7, 11) is 1.51. The first-order valence-corrected chi connectivity index (χ1v) is 12.3. The van der Waals surface area contributed by atoms with Crippen molar-refractivity contribution in [2.24, 2.45) is 11.8 Å². The molecule has 1 saturated heterocycles. The van der Waals surface area contributed by atoms with Gasteiger partial charge in [-0.15, -0.1) is 11.3 Å². The summed E-state index contributed by atoms with van der Waals surface area (Å²) >= 11 is 1.27. The van der Waals surface area contributed by atoms with Gasteiger partial charge in [-0.05, 0) is 24.6 Å². The van der Waals surface area contributed by atoms with Crippen LogP contribution in [-0.2, 0) is 20.9 Å². The van der Waals surface area contributed by atoms with Crippen LogP contribution in [0.25, 0.3) is 10.4 Å². The lowest BCUT2D eigenvalue weighted by atomic mass is 9.77. The molecule has 2 aromatic heterocycles. The number of thiazole rings is 1. The van der Waals surface area contributed by atoms with Gasteiger partial charge in [0, 0.05) is 36.9 Å². The molecule has 0 bridgehead atoms. The third kappa shape index (κ3) is 3.86. The van der Waals surface area contributed by atoms with Gasteiger partial charge in [0.05, 0.1) is 27.9 Å². The number of nitrogens with zero attached hydrogens (tertiary/aromatic N) is 4. The van der Waals surface area contributed by atoms with E-state index < -0.39 is 29.0 Å². The Morgan fingerprint density at radius 3 is 2.65 bits per heavy atom. The zero-order valence-corrected chi connectivity index (χ0v) is 20.9. The van der Waals surface area contributed by atoms with E-state index >= 15 is 0 Å². The van der Waals surface area contributed by atoms with Crippen molar-refractivity contribution in [3.63, 3.8) is 0 Å². The number of nitro benzene ring substituents is 1. The van der Waals surface area contributed by atoms with Crippen molar-refractivity contribution in [3.8, 4) is 0 Å². The summed E-state index contributed by atoms with van der Waals surface area (Å²) < 4.78 is 7.23. The van der Waals surface area contributed by atoms with Gasteiger partial charge >= 0.3 is 5.97 Å². The molecule has 37 heavy (non-hydrogen) atoms. The number of benzene rings is 1. The highest BCUT2D eigenvalue weighted by Crippen LogP contribution is 2.51. The third-order valence-electron chi connectivity index (χ3n) is 6.80. The number of aromatic nitrogens is 2. The van der Waals surface area contributed by atoms with E-state index in [1.807, 2.05) is 6.92 Å². The molecule has 2 aliphatic heterocycles. The number of nitrogens with one attached hydrogen (secondary N) is 1. The Morgan fingerprint density at radius 2 is 2.03 bits per heavy atom. The highest BCUT2D eigenvalue weighted by Gasteiger charge is 2.60. The molecule has 2 N–H and O–H groups in total. The van der Waals surface area contributed by atoms with Gasteiger partial charge in [-0.25, -0.2) is 9.78 Å². The predicted octanol–water partition coefficient (Wildman–Crippen LogP) is 1.98. The van der Waals surface area contributed by atoms with Crippen LogP contribution in [0.15, 0.2) is 42.5 Å². The predicted molar refractivity (Wildman–Crippen MR) is 131 cm³/mol. The highest BCUT2D eigenvalue weighted by molar-refractivity contribution is 7.18. The summed E-state index contributed by atoms with van der Waals surface area (Å²) in [6.45, 7) is 3.29. The fourth-order valence-electron chi connectivity index (χ4n) is 5.01. The average molecular weight is 526 g/mol. The monoisotopic (exact) mass is 525 g/mol. The molecule has 1 aromatic carbocycles. The molecule has 0 radical (unpaired) electrons. The molecule has 0 unspecified atom stereocenters. The molecular weight excluding hydrogens is 502 g/mol. The standard InChI is InChI=1S/C24H23N5O7S/c1-11-16(15-8-27-10-26-18(21(31)25-3)23(27)37-15)20(28-19(11)17(12(2)30)22(28)32)24(33)36-9-13-4-6-14(7-5-13)29(34)35/h4-8,10-12,17,19,30H,9H2,1-3H3,(H,25,31)/t11-,12+,17+,19+/m0/s1. The number of rotatable bonds is 7. The zero-order chi connectivity index (χ0) is 26.6. The van der Waals surface area contributed by atoms with E-state index in [0.717, 1.165) is 0 Å². The molecule has 0 aliphatic carbocycles. The number of hydrogen-bond acceptors (Lipinski definition) is 9. The van der Waals surface area contributed by atoms with Crippen molar-refractivity contribution in [2.45, 2.75) is 32.6 Å². The summed E-state index contributed by atoms with van der Waals surface area (Å²) in [6, 6.07) is 5.21. The van der Waals surface area contributed by atoms with Gasteiger partial charge < -0.3 is 20.1 Å². The number of amides is 2. The van der Waals surface area contributed by atoms with Crippen molar-refractivity contribution >= 4 is 45.2 Å². The van der Waals surface area contributed by atoms with E-state index in [2.05, 4.69) is 10.3 Å². The minimum absolute atomic E-state index is 0.0809. The maximum absolute atomic E-state index is 13.4. The Balaban J connectivity index is 1.51. The van der Waals surface area contributed by atoms with Gasteiger partial charge in [0.15, 0.2) is 5.69 Å². The molecule has 13 heteroatoms. The fraction of sp³-hybridized carbons (Fsp3) is 0.333. The summed E-state index contributed by atoms with van der Waals surface area (Å²) in [5, 5.41) is 23.7. The second-order valence-electron chi connectivity index (χ2n) is 9.00. The van der Waals surface area contributed by atoms with Gasteiger partial charge in [-0.3, -0.25) is 24.1 Å². The quantitative estimate of drug-likeness (QED) is 0.205. The van der Waals surface area contributed by atoms with Crippen molar-refractivity contribution in [3.05, 3.63) is 68.7 Å². The van der Waals surface area contributed by atoms with Crippen LogP contribution in [0.3, 0.4) is 0 Å². The number of aliphatic hydroxyl groups excluding tert-OH is 1. The number of fused-ring (bicyclic) bond motifs is 2. The molecule has 4 heterocycles. The largest absolute Gasteiger partial charge is 0.456 e. The molecule has 192 valence electrons. The van der Waals surface area contributed by atoms with Crippen LogP contribution in [0.5, 0.6) is 0 Å². The average Bonchev–Trinajstić information content (AvgIpc) is 3.51. The highest BCUT2D eigenvalue weighted by atomic mass is 32.1. The van der Waals surface area contributed by atoms with Crippen molar-refractivity contribution in [2.75, 3.05) is 7.05 Å². The van der Waals surface area contributed by atoms with Gasteiger partial charge in [-0.2, -0.15) is 0 Å². The molecular formula is C24H23N5O7S. The number of aliphatic hydroxyl groups is 1. The topological polar surface area (TPSA) is 156 Å². The number of carbonyl (C=O) groups excluding carboxylic acids is 3. The van der Waals surface area contributed by atoms with Crippen LogP contribution in [-0.4, -0.2) is 61.3 Å². The van der Waals surface area contributed by atoms with Crippen LogP contribution in [0, 0.1) is 22.0 Å². The van der Waals surface area contributed by atoms with Crippen LogP contribution in [0.2, 0.25) is 0 Å². The molecule has 12 nitrogen and oxygen atoms in total. The maximum atomic E-state index is 13.4. The normalized spacial score (nSPS) is 21.6. The molecule has 4 atom stereocenters. The lowest BCUT2D eigenvalue weighted by Crippen LogP contribution is -2.63. The van der Waals surface area contributed by atoms with E-state index in [1.54, 1.807) is 17.5 Å². The molecule has 0 spiro atoms. The summed E-state index contributed by atoms with van der Waals surface area (Å²) in [6.07, 6.45) is 2.37. The number of imidazole rings is 1. The van der Waals surface area contributed by atoms with Gasteiger partial charge in [0.2, 0.25) is 5.91 Å². The number of carbonyl (C=O) groups is 3. The van der Waals surface area contributed by atoms with Crippen LogP contribution >= 0.6 is 11.3 Å². The first-order valence-electron chi connectivity index (χ1n) is 11.5. The second-order valence-corrected chi connectivity index (χ2v) is 10.0. The summed E-state index contributed by atoms with van der Waals surface area (Å²) in [5.41, 5.74) is 1.40. The van der Waals surface area contributed by atoms with E-state index in [1.165, 1.54) is 53.9 Å². The molecule has 2 aliphatic rings. The second kappa shape index (κ2) is 9.09. The van der Waals surface area contributed by atoms with Crippen LogP contribution < -0.4 is 5.32 Å². The lowest BCUT2D eigenvalue weighted by molar-refractivity contribution is -0.384. The van der Waals surface area contributed by atoms with Gasteiger partial charge in [-0.1, -0.05) is 6.92 Å². The Morgan fingerprint density at radius 1 is 1.32 bits per heavy atom. The van der Waals surface area contributed by atoms with Crippen molar-refractivity contribution in [1.29, 1.82) is 0 Å². The minimum Gasteiger partial charge on any atom is -0.456 e. The Bertz CT molecular complexity index is 1470. The fourth-order valence-corrected chi connectivity index (χ4v) is 6.23.